The molecular formula is C12H26N2O. The van der Waals surface area contributed by atoms with E-state index >= 15 is 0 Å². The number of β-amino-alcohol motifs (C(OH)–C–C–N with tert-alkyl or cyclic N) is 1. The van der Waals surface area contributed by atoms with Gasteiger partial charge in [0.25, 0.3) is 0 Å². The number of hydrogen-bond donors (Lipinski definition) is 2. The molecule has 15 heavy (non-hydrogen) atoms. The van der Waals surface area contributed by atoms with Gasteiger partial charge in [0.2, 0.25) is 0 Å². The molecule has 0 aromatic heterocycles. The van der Waals surface area contributed by atoms with Crippen LogP contribution in [0.5, 0.6) is 0 Å². The fraction of sp³-hybridized carbons (Fsp3) is 1.00. The minimum atomic E-state index is -0.0884. The van der Waals surface area contributed by atoms with Crippen LogP contribution in [0, 0.1) is 5.92 Å². The quantitative estimate of drug-likeness (QED) is 0.650. The van der Waals surface area contributed by atoms with Crippen LogP contribution in [-0.2, 0) is 0 Å². The molecule has 3 heteroatoms. The van der Waals surface area contributed by atoms with Crippen molar-refractivity contribution in [1.29, 1.82) is 0 Å². The van der Waals surface area contributed by atoms with Gasteiger partial charge in [-0.05, 0) is 44.8 Å². The van der Waals surface area contributed by atoms with Crippen LogP contribution in [0.15, 0.2) is 0 Å². The molecule has 0 bridgehead atoms. The minimum absolute atomic E-state index is 0.0884. The number of nitrogens with zero attached hydrogens (tertiary/aromatic N) is 1. The van der Waals surface area contributed by atoms with Crippen LogP contribution in [0.3, 0.4) is 0 Å². The van der Waals surface area contributed by atoms with Gasteiger partial charge in [-0.25, -0.2) is 0 Å². The molecule has 2 unspecified atom stereocenters. The second-order valence-electron chi connectivity index (χ2n) is 4.86. The standard InChI is InChI=1S/C12H26N2O/c1-3-6-13-8-11(2)9-14-7-4-5-12(15)10-14/h11-13,15H,3-10H2,1-2H3. The maximum Gasteiger partial charge on any atom is 0.0667 e. The Labute approximate surface area is 93.9 Å². The molecule has 1 saturated heterocycles. The summed E-state index contributed by atoms with van der Waals surface area (Å²) in [4.78, 5) is 2.40. The molecule has 0 saturated carbocycles. The first-order valence-electron chi connectivity index (χ1n) is 6.33. The maximum absolute atomic E-state index is 9.55. The van der Waals surface area contributed by atoms with Crippen LogP contribution in [0.25, 0.3) is 0 Å². The Hall–Kier alpha value is -0.120. The van der Waals surface area contributed by atoms with E-state index in [2.05, 4.69) is 24.1 Å². The summed E-state index contributed by atoms with van der Waals surface area (Å²) in [7, 11) is 0. The lowest BCUT2D eigenvalue weighted by Gasteiger charge is -2.32. The molecule has 0 spiro atoms. The van der Waals surface area contributed by atoms with Gasteiger partial charge in [0.1, 0.15) is 0 Å². The van der Waals surface area contributed by atoms with E-state index in [1.54, 1.807) is 0 Å². The fourth-order valence-corrected chi connectivity index (χ4v) is 2.23. The van der Waals surface area contributed by atoms with Gasteiger partial charge in [-0.2, -0.15) is 0 Å². The predicted octanol–water partition coefficient (Wildman–Crippen LogP) is 1.08. The molecular weight excluding hydrogens is 188 g/mol. The first kappa shape index (κ1) is 12.9. The highest BCUT2D eigenvalue weighted by atomic mass is 16.3. The van der Waals surface area contributed by atoms with Gasteiger partial charge in [0, 0.05) is 13.1 Å². The molecule has 1 heterocycles. The van der Waals surface area contributed by atoms with Crippen molar-refractivity contribution in [2.45, 2.75) is 39.2 Å². The van der Waals surface area contributed by atoms with Crippen molar-refractivity contribution in [3.8, 4) is 0 Å². The monoisotopic (exact) mass is 214 g/mol. The summed E-state index contributed by atoms with van der Waals surface area (Å²) in [6, 6.07) is 0. The van der Waals surface area contributed by atoms with Crippen molar-refractivity contribution in [1.82, 2.24) is 10.2 Å². The third kappa shape index (κ3) is 5.50. The Bertz CT molecular complexity index is 164. The predicted molar refractivity (Wildman–Crippen MR) is 64.0 cm³/mol. The van der Waals surface area contributed by atoms with E-state index in [-0.39, 0.29) is 6.10 Å². The van der Waals surface area contributed by atoms with Crippen LogP contribution >= 0.6 is 0 Å². The number of rotatable bonds is 6. The summed E-state index contributed by atoms with van der Waals surface area (Å²) in [5.41, 5.74) is 0. The molecule has 0 amide bonds. The van der Waals surface area contributed by atoms with Crippen molar-refractivity contribution in [2.75, 3.05) is 32.7 Å². The molecule has 1 aliphatic heterocycles. The van der Waals surface area contributed by atoms with E-state index in [1.165, 1.54) is 6.42 Å². The zero-order chi connectivity index (χ0) is 11.1. The average Bonchev–Trinajstić information content (AvgIpc) is 2.18. The Morgan fingerprint density at radius 2 is 2.33 bits per heavy atom. The SMILES string of the molecule is CCCNCC(C)CN1CCCC(O)C1. The number of aliphatic hydroxyl groups excluding tert-OH is 1. The Balaban J connectivity index is 2.10. The lowest BCUT2D eigenvalue weighted by molar-refractivity contribution is 0.0634. The second-order valence-corrected chi connectivity index (χ2v) is 4.86. The smallest absolute Gasteiger partial charge is 0.0667 e. The van der Waals surface area contributed by atoms with Crippen molar-refractivity contribution in [3.05, 3.63) is 0 Å². The number of aliphatic hydroxyl groups is 1. The topological polar surface area (TPSA) is 35.5 Å². The Kier molecular flexibility index (Phi) is 6.22. The molecule has 3 nitrogen and oxygen atoms in total. The molecule has 0 radical (unpaired) electrons. The van der Waals surface area contributed by atoms with Gasteiger partial charge >= 0.3 is 0 Å². The van der Waals surface area contributed by atoms with Crippen LogP contribution in [0.2, 0.25) is 0 Å². The Morgan fingerprint density at radius 3 is 3.00 bits per heavy atom. The maximum atomic E-state index is 9.55. The third-order valence-electron chi connectivity index (χ3n) is 2.97. The van der Waals surface area contributed by atoms with E-state index in [0.717, 1.165) is 45.6 Å². The van der Waals surface area contributed by atoms with Gasteiger partial charge in [-0.15, -0.1) is 0 Å². The van der Waals surface area contributed by atoms with Gasteiger partial charge < -0.3 is 15.3 Å². The van der Waals surface area contributed by atoms with Crippen molar-refractivity contribution in [2.24, 2.45) is 5.92 Å². The summed E-state index contributed by atoms with van der Waals surface area (Å²) in [5.74, 6) is 0.682. The number of piperidine rings is 1. The summed E-state index contributed by atoms with van der Waals surface area (Å²) in [6.45, 7) is 9.84. The zero-order valence-electron chi connectivity index (χ0n) is 10.2. The summed E-state index contributed by atoms with van der Waals surface area (Å²) in [5, 5.41) is 13.0. The normalized spacial score (nSPS) is 25.4. The molecule has 0 aliphatic carbocycles. The highest BCUT2D eigenvalue weighted by Gasteiger charge is 2.18. The molecule has 2 N–H and O–H groups in total. The largest absolute Gasteiger partial charge is 0.392 e. The third-order valence-corrected chi connectivity index (χ3v) is 2.97. The van der Waals surface area contributed by atoms with E-state index in [0.29, 0.717) is 5.92 Å². The van der Waals surface area contributed by atoms with Crippen LogP contribution in [-0.4, -0.2) is 48.8 Å². The Morgan fingerprint density at radius 1 is 1.53 bits per heavy atom. The van der Waals surface area contributed by atoms with E-state index in [4.69, 9.17) is 0 Å². The highest BCUT2D eigenvalue weighted by Crippen LogP contribution is 2.11. The van der Waals surface area contributed by atoms with Gasteiger partial charge in [-0.3, -0.25) is 0 Å². The summed E-state index contributed by atoms with van der Waals surface area (Å²) in [6.07, 6.45) is 3.25. The van der Waals surface area contributed by atoms with Crippen molar-refractivity contribution < 1.29 is 5.11 Å². The zero-order valence-corrected chi connectivity index (χ0v) is 10.2. The summed E-state index contributed by atoms with van der Waals surface area (Å²) >= 11 is 0. The van der Waals surface area contributed by atoms with E-state index < -0.39 is 0 Å². The minimum Gasteiger partial charge on any atom is -0.392 e. The van der Waals surface area contributed by atoms with Gasteiger partial charge in [0.15, 0.2) is 0 Å². The fourth-order valence-electron chi connectivity index (χ4n) is 2.23. The van der Waals surface area contributed by atoms with Gasteiger partial charge in [-0.1, -0.05) is 13.8 Å². The van der Waals surface area contributed by atoms with E-state index in [1.807, 2.05) is 0 Å². The van der Waals surface area contributed by atoms with Gasteiger partial charge in [0.05, 0.1) is 6.10 Å². The summed E-state index contributed by atoms with van der Waals surface area (Å²) < 4.78 is 0. The number of likely N-dealkylation sites (tertiary alicyclic amines) is 1. The first-order chi connectivity index (χ1) is 7.22. The molecule has 0 aromatic carbocycles. The first-order valence-corrected chi connectivity index (χ1v) is 6.33. The van der Waals surface area contributed by atoms with E-state index in [9.17, 15) is 5.11 Å². The highest BCUT2D eigenvalue weighted by molar-refractivity contribution is 4.73. The van der Waals surface area contributed by atoms with Crippen molar-refractivity contribution in [3.63, 3.8) is 0 Å². The second kappa shape index (κ2) is 7.20. The number of nitrogens with one attached hydrogen (secondary N) is 1. The molecule has 1 aliphatic rings. The lowest BCUT2D eigenvalue weighted by Crippen LogP contribution is -2.42. The van der Waals surface area contributed by atoms with Crippen LogP contribution in [0.1, 0.15) is 33.1 Å². The van der Waals surface area contributed by atoms with Crippen molar-refractivity contribution >= 4 is 0 Å². The molecule has 90 valence electrons. The van der Waals surface area contributed by atoms with Crippen LogP contribution in [0.4, 0.5) is 0 Å². The number of hydrogen-bond acceptors (Lipinski definition) is 3. The molecule has 1 fully saturated rings. The van der Waals surface area contributed by atoms with Crippen LogP contribution < -0.4 is 5.32 Å². The molecule has 2 atom stereocenters. The molecule has 0 aromatic rings. The lowest BCUT2D eigenvalue weighted by atomic mass is 10.1. The average molecular weight is 214 g/mol. The molecule has 1 rings (SSSR count).